The van der Waals surface area contributed by atoms with Gasteiger partial charge in [-0.15, -0.1) is 0 Å². The maximum Gasteiger partial charge on any atom is 0.253 e. The van der Waals surface area contributed by atoms with Crippen LogP contribution in [0.4, 0.5) is 0 Å². The van der Waals surface area contributed by atoms with Crippen LogP contribution in [0.2, 0.25) is 0 Å². The second-order valence-electron chi connectivity index (χ2n) is 2.67. The molecule has 1 N–H and O–H groups in total. The van der Waals surface area contributed by atoms with Gasteiger partial charge in [0.2, 0.25) is 5.78 Å². The average molecular weight is 253 g/mol. The van der Waals surface area contributed by atoms with E-state index in [1.54, 1.807) is 6.07 Å². The Bertz CT molecular complexity index is 362. The zero-order valence-electron chi connectivity index (χ0n) is 7.35. The molecule has 0 saturated carbocycles. The molecule has 0 atom stereocenters. The molecule has 1 aromatic rings. The molecule has 76 valence electrons. The molecule has 5 heteroatoms. The van der Waals surface area contributed by atoms with E-state index in [1.165, 1.54) is 6.20 Å². The third-order valence-electron chi connectivity index (χ3n) is 1.57. The van der Waals surface area contributed by atoms with Crippen LogP contribution in [0.15, 0.2) is 18.3 Å². The first-order valence-electron chi connectivity index (χ1n) is 3.88. The number of H-pyrrole nitrogens is 1. The van der Waals surface area contributed by atoms with E-state index in [0.717, 1.165) is 5.69 Å². The van der Waals surface area contributed by atoms with Crippen LogP contribution < -0.4 is 0 Å². The Morgan fingerprint density at radius 3 is 2.64 bits per heavy atom. The van der Waals surface area contributed by atoms with Crippen LogP contribution in [0.1, 0.15) is 23.0 Å². The van der Waals surface area contributed by atoms with E-state index in [2.05, 4.69) is 4.98 Å². The summed E-state index contributed by atoms with van der Waals surface area (Å²) in [7, 11) is 0. The molecule has 0 aromatic carbocycles. The van der Waals surface area contributed by atoms with E-state index in [9.17, 15) is 4.79 Å². The zero-order valence-corrected chi connectivity index (χ0v) is 9.62. The van der Waals surface area contributed by atoms with Gasteiger partial charge < -0.3 is 4.98 Å². The van der Waals surface area contributed by atoms with Gasteiger partial charge in [-0.25, -0.2) is 0 Å². The number of alkyl halides is 3. The second-order valence-corrected chi connectivity index (χ2v) is 4.95. The molecule has 0 saturated heterocycles. The van der Waals surface area contributed by atoms with Crippen molar-refractivity contribution in [2.75, 3.05) is 0 Å². The van der Waals surface area contributed by atoms with Gasteiger partial charge in [0.25, 0.3) is 3.79 Å². The fraction of sp³-hybridized carbons (Fsp3) is 0.222. The smallest absolute Gasteiger partial charge is 0.253 e. The van der Waals surface area contributed by atoms with E-state index in [-0.39, 0.29) is 0 Å². The molecule has 0 aliphatic carbocycles. The van der Waals surface area contributed by atoms with Crippen molar-refractivity contribution >= 4 is 46.7 Å². The molecule has 0 radical (unpaired) electrons. The Balaban J connectivity index is 2.93. The van der Waals surface area contributed by atoms with E-state index >= 15 is 0 Å². The largest absolute Gasteiger partial charge is 0.361 e. The molecule has 1 rings (SSSR count). The van der Waals surface area contributed by atoms with Gasteiger partial charge in [0, 0.05) is 17.5 Å². The molecular weight excluding hydrogens is 244 g/mol. The highest BCUT2D eigenvalue weighted by molar-refractivity contribution is 6.77. The van der Waals surface area contributed by atoms with Crippen LogP contribution in [0.3, 0.4) is 0 Å². The fourth-order valence-electron chi connectivity index (χ4n) is 0.982. The predicted molar refractivity (Wildman–Crippen MR) is 60.1 cm³/mol. The average Bonchev–Trinajstić information content (AvgIpc) is 2.50. The Morgan fingerprint density at radius 2 is 2.14 bits per heavy atom. The molecule has 0 aliphatic rings. The van der Waals surface area contributed by atoms with Crippen molar-refractivity contribution in [3.8, 4) is 0 Å². The van der Waals surface area contributed by atoms with Crippen LogP contribution in [-0.2, 0) is 0 Å². The lowest BCUT2D eigenvalue weighted by molar-refractivity contribution is 0.0996. The van der Waals surface area contributed by atoms with Gasteiger partial charge in [-0.3, -0.25) is 4.79 Å². The van der Waals surface area contributed by atoms with Crippen molar-refractivity contribution in [3.63, 3.8) is 0 Å². The maximum atomic E-state index is 11.4. The second kappa shape index (κ2) is 4.39. The highest BCUT2D eigenvalue weighted by Gasteiger charge is 2.31. The molecule has 2 nitrogen and oxygen atoms in total. The summed E-state index contributed by atoms with van der Waals surface area (Å²) in [6.45, 7) is 1.87. The number of carbonyl (C=O) groups excluding carboxylic acids is 1. The summed E-state index contributed by atoms with van der Waals surface area (Å²) in [5.74, 6) is -0.533. The summed E-state index contributed by atoms with van der Waals surface area (Å²) in [4.78, 5) is 14.3. The Hall–Kier alpha value is -0.440. The van der Waals surface area contributed by atoms with Gasteiger partial charge in [-0.05, 0) is 19.1 Å². The number of aromatic amines is 1. The van der Waals surface area contributed by atoms with Crippen molar-refractivity contribution in [2.45, 2.75) is 10.7 Å². The van der Waals surface area contributed by atoms with E-state index in [4.69, 9.17) is 34.8 Å². The summed E-state index contributed by atoms with van der Waals surface area (Å²) >= 11 is 16.4. The number of hydrogen-bond acceptors (Lipinski definition) is 1. The summed E-state index contributed by atoms with van der Waals surface area (Å²) in [6.07, 6.45) is 5.17. The lowest BCUT2D eigenvalue weighted by Crippen LogP contribution is -2.18. The Labute approximate surface area is 96.8 Å². The SMILES string of the molecule is CC=Cc1cc(C(=O)C(Cl)(Cl)Cl)c[nH]1. The highest BCUT2D eigenvalue weighted by atomic mass is 35.6. The van der Waals surface area contributed by atoms with Crippen LogP contribution >= 0.6 is 34.8 Å². The third kappa shape index (κ3) is 2.77. The zero-order chi connectivity index (χ0) is 10.8. The van der Waals surface area contributed by atoms with Crippen LogP contribution in [0.5, 0.6) is 0 Å². The molecule has 1 heterocycles. The minimum Gasteiger partial charge on any atom is -0.361 e. The first-order valence-corrected chi connectivity index (χ1v) is 5.01. The molecule has 14 heavy (non-hydrogen) atoms. The van der Waals surface area contributed by atoms with Crippen molar-refractivity contribution < 1.29 is 4.79 Å². The highest BCUT2D eigenvalue weighted by Crippen LogP contribution is 2.30. The minimum absolute atomic E-state index is 0.359. The number of nitrogens with one attached hydrogen (secondary N) is 1. The van der Waals surface area contributed by atoms with E-state index in [0.29, 0.717) is 5.56 Å². The molecule has 0 fully saturated rings. The quantitative estimate of drug-likeness (QED) is 0.633. The normalized spacial score (nSPS) is 12.3. The van der Waals surface area contributed by atoms with E-state index in [1.807, 2.05) is 19.1 Å². The summed E-state index contributed by atoms with van der Waals surface area (Å²) in [6, 6.07) is 1.63. The maximum absolute atomic E-state index is 11.4. The Kier molecular flexibility index (Phi) is 3.65. The lowest BCUT2D eigenvalue weighted by atomic mass is 10.2. The van der Waals surface area contributed by atoms with Gasteiger partial charge in [0.05, 0.1) is 0 Å². The van der Waals surface area contributed by atoms with Crippen LogP contribution in [-0.4, -0.2) is 14.6 Å². The standard InChI is InChI=1S/C9H8Cl3NO/c1-2-3-7-4-6(5-13-7)8(14)9(10,11)12/h2-5,13H,1H3. The predicted octanol–water partition coefficient (Wildman–Crippen LogP) is 3.60. The van der Waals surface area contributed by atoms with Gasteiger partial charge >= 0.3 is 0 Å². The van der Waals surface area contributed by atoms with Crippen molar-refractivity contribution in [1.29, 1.82) is 0 Å². The molecule has 1 aromatic heterocycles. The number of Topliss-reactive ketones (excluding diaryl/α,β-unsaturated/α-hetero) is 1. The summed E-state index contributed by atoms with van der Waals surface area (Å²) in [5.41, 5.74) is 1.16. The molecule has 0 amide bonds. The number of hydrogen-bond donors (Lipinski definition) is 1. The number of rotatable bonds is 2. The molecule has 0 aliphatic heterocycles. The van der Waals surface area contributed by atoms with Gasteiger partial charge in [-0.2, -0.15) is 0 Å². The van der Waals surface area contributed by atoms with Crippen molar-refractivity contribution in [3.05, 3.63) is 29.6 Å². The van der Waals surface area contributed by atoms with Crippen molar-refractivity contribution in [1.82, 2.24) is 4.98 Å². The van der Waals surface area contributed by atoms with Gasteiger partial charge in [-0.1, -0.05) is 40.9 Å². The number of carbonyl (C=O) groups is 1. The van der Waals surface area contributed by atoms with Gasteiger partial charge in [0.1, 0.15) is 0 Å². The molecule has 0 spiro atoms. The van der Waals surface area contributed by atoms with Crippen molar-refractivity contribution in [2.24, 2.45) is 0 Å². The summed E-state index contributed by atoms with van der Waals surface area (Å²) < 4.78 is -1.89. The minimum atomic E-state index is -1.89. The fourth-order valence-corrected chi connectivity index (χ4v) is 1.31. The van der Waals surface area contributed by atoms with Gasteiger partial charge in [0.15, 0.2) is 0 Å². The monoisotopic (exact) mass is 251 g/mol. The molecular formula is C9H8Cl3NO. The molecule has 0 unspecified atom stereocenters. The number of halogens is 3. The first kappa shape index (κ1) is 11.6. The Morgan fingerprint density at radius 1 is 1.50 bits per heavy atom. The summed E-state index contributed by atoms with van der Waals surface area (Å²) in [5, 5.41) is 0. The van der Waals surface area contributed by atoms with E-state index < -0.39 is 9.58 Å². The topological polar surface area (TPSA) is 32.9 Å². The molecule has 0 bridgehead atoms. The number of allylic oxidation sites excluding steroid dienone is 1. The van der Waals surface area contributed by atoms with Crippen LogP contribution in [0, 0.1) is 0 Å². The lowest BCUT2D eigenvalue weighted by Gasteiger charge is -2.06. The van der Waals surface area contributed by atoms with Crippen LogP contribution in [0.25, 0.3) is 6.08 Å². The third-order valence-corrected chi connectivity index (χ3v) is 2.09. The number of ketones is 1. The first-order chi connectivity index (χ1) is 6.45. The number of aromatic nitrogens is 1.